The van der Waals surface area contributed by atoms with Gasteiger partial charge < -0.3 is 9.64 Å². The molecule has 0 atom stereocenters. The highest BCUT2D eigenvalue weighted by Crippen LogP contribution is 2.12. The van der Waals surface area contributed by atoms with Crippen molar-refractivity contribution >= 4 is 22.0 Å². The van der Waals surface area contributed by atoms with Crippen molar-refractivity contribution in [2.75, 3.05) is 32.7 Å². The summed E-state index contributed by atoms with van der Waals surface area (Å²) in [6, 6.07) is 0. The van der Waals surface area contributed by atoms with E-state index in [1.54, 1.807) is 11.1 Å². The molecule has 21 heavy (non-hydrogen) atoms. The molecule has 0 aliphatic carbocycles. The van der Waals surface area contributed by atoms with Crippen molar-refractivity contribution in [2.24, 2.45) is 0 Å². The van der Waals surface area contributed by atoms with Crippen LogP contribution in [0.5, 0.6) is 0 Å². The van der Waals surface area contributed by atoms with Crippen LogP contribution in [0.25, 0.3) is 0 Å². The largest absolute Gasteiger partial charge is 0.444 e. The zero-order chi connectivity index (χ0) is 15.5. The van der Waals surface area contributed by atoms with Crippen LogP contribution in [0.4, 0.5) is 4.79 Å². The standard InChI is InChI=1S/C14H23BrN4O2/c1-14(2,3)21-13(20)18-7-4-17(5-8-18)6-9-19-11-12(15)10-16-19/h10-11H,4-9H2,1-3H3. The van der Waals surface area contributed by atoms with Crippen LogP contribution in [0.2, 0.25) is 0 Å². The van der Waals surface area contributed by atoms with E-state index in [-0.39, 0.29) is 6.09 Å². The molecule has 0 N–H and O–H groups in total. The van der Waals surface area contributed by atoms with Crippen molar-refractivity contribution in [3.8, 4) is 0 Å². The van der Waals surface area contributed by atoms with E-state index in [1.807, 2.05) is 31.6 Å². The van der Waals surface area contributed by atoms with Gasteiger partial charge in [-0.25, -0.2) is 4.79 Å². The Hall–Kier alpha value is -1.08. The predicted octanol–water partition coefficient (Wildman–Crippen LogP) is 2.20. The molecule has 6 nitrogen and oxygen atoms in total. The van der Waals surface area contributed by atoms with Gasteiger partial charge in [0.25, 0.3) is 0 Å². The molecule has 0 spiro atoms. The SMILES string of the molecule is CC(C)(C)OC(=O)N1CCN(CCn2cc(Br)cn2)CC1. The number of nitrogens with zero attached hydrogens (tertiary/aromatic N) is 4. The van der Waals surface area contributed by atoms with E-state index in [0.717, 1.165) is 43.7 Å². The Morgan fingerprint density at radius 1 is 1.29 bits per heavy atom. The summed E-state index contributed by atoms with van der Waals surface area (Å²) >= 11 is 3.39. The smallest absolute Gasteiger partial charge is 0.410 e. The van der Waals surface area contributed by atoms with Crippen LogP contribution in [0.15, 0.2) is 16.9 Å². The van der Waals surface area contributed by atoms with Crippen LogP contribution in [-0.4, -0.2) is 64.0 Å². The molecule has 7 heteroatoms. The molecule has 2 heterocycles. The number of rotatable bonds is 3. The normalized spacial score (nSPS) is 17.0. The highest BCUT2D eigenvalue weighted by Gasteiger charge is 2.25. The van der Waals surface area contributed by atoms with Gasteiger partial charge in [0.15, 0.2) is 0 Å². The monoisotopic (exact) mass is 358 g/mol. The second-order valence-electron chi connectivity index (χ2n) is 6.23. The van der Waals surface area contributed by atoms with Crippen molar-refractivity contribution < 1.29 is 9.53 Å². The van der Waals surface area contributed by atoms with Gasteiger partial charge in [-0.3, -0.25) is 9.58 Å². The molecule has 2 rings (SSSR count). The Labute approximate surface area is 134 Å². The van der Waals surface area contributed by atoms with Crippen molar-refractivity contribution in [3.63, 3.8) is 0 Å². The minimum atomic E-state index is -0.429. The van der Waals surface area contributed by atoms with Crippen LogP contribution in [0.3, 0.4) is 0 Å². The molecule has 1 saturated heterocycles. The molecule has 0 aromatic carbocycles. The first-order valence-electron chi connectivity index (χ1n) is 7.22. The van der Waals surface area contributed by atoms with E-state index in [1.165, 1.54) is 0 Å². The van der Waals surface area contributed by atoms with Crippen molar-refractivity contribution in [1.82, 2.24) is 19.6 Å². The molecular weight excluding hydrogens is 336 g/mol. The van der Waals surface area contributed by atoms with Gasteiger partial charge in [-0.1, -0.05) is 0 Å². The summed E-state index contributed by atoms with van der Waals surface area (Å²) < 4.78 is 8.31. The number of amides is 1. The number of carbonyl (C=O) groups is 1. The molecule has 1 amide bonds. The number of aromatic nitrogens is 2. The van der Waals surface area contributed by atoms with Gasteiger partial charge in [0.05, 0.1) is 17.2 Å². The molecular formula is C14H23BrN4O2. The van der Waals surface area contributed by atoms with Gasteiger partial charge in [0.1, 0.15) is 5.60 Å². The van der Waals surface area contributed by atoms with Gasteiger partial charge >= 0.3 is 6.09 Å². The van der Waals surface area contributed by atoms with Crippen molar-refractivity contribution in [2.45, 2.75) is 32.9 Å². The zero-order valence-corrected chi connectivity index (χ0v) is 14.5. The minimum absolute atomic E-state index is 0.210. The molecule has 1 aromatic rings. The number of carbonyl (C=O) groups excluding carboxylic acids is 1. The molecule has 1 fully saturated rings. The minimum Gasteiger partial charge on any atom is -0.444 e. The first-order chi connectivity index (χ1) is 9.83. The second-order valence-corrected chi connectivity index (χ2v) is 7.15. The number of hydrogen-bond donors (Lipinski definition) is 0. The summed E-state index contributed by atoms with van der Waals surface area (Å²) in [5.74, 6) is 0. The van der Waals surface area contributed by atoms with Crippen LogP contribution in [-0.2, 0) is 11.3 Å². The average Bonchev–Trinajstić information content (AvgIpc) is 2.81. The molecule has 118 valence electrons. The summed E-state index contributed by atoms with van der Waals surface area (Å²) in [6.45, 7) is 10.7. The Kier molecular flexibility index (Phi) is 5.27. The Morgan fingerprint density at radius 3 is 2.48 bits per heavy atom. The maximum Gasteiger partial charge on any atom is 0.410 e. The third-order valence-electron chi connectivity index (χ3n) is 3.27. The molecule has 0 radical (unpaired) electrons. The Balaban J connectivity index is 1.72. The Bertz CT molecular complexity index is 476. The van der Waals surface area contributed by atoms with Crippen molar-refractivity contribution in [1.29, 1.82) is 0 Å². The first-order valence-corrected chi connectivity index (χ1v) is 8.01. The van der Waals surface area contributed by atoms with Crippen LogP contribution >= 0.6 is 15.9 Å². The van der Waals surface area contributed by atoms with Crippen LogP contribution < -0.4 is 0 Å². The van der Waals surface area contributed by atoms with Crippen LogP contribution in [0, 0.1) is 0 Å². The average molecular weight is 359 g/mol. The lowest BCUT2D eigenvalue weighted by molar-refractivity contribution is 0.0142. The van der Waals surface area contributed by atoms with Crippen molar-refractivity contribution in [3.05, 3.63) is 16.9 Å². The maximum absolute atomic E-state index is 12.0. The lowest BCUT2D eigenvalue weighted by Crippen LogP contribution is -2.50. The topological polar surface area (TPSA) is 50.6 Å². The number of piperazine rings is 1. The zero-order valence-electron chi connectivity index (χ0n) is 12.9. The Morgan fingerprint density at radius 2 is 1.95 bits per heavy atom. The van der Waals surface area contributed by atoms with E-state index in [2.05, 4.69) is 25.9 Å². The molecule has 1 aliphatic rings. The van der Waals surface area contributed by atoms with E-state index in [9.17, 15) is 4.79 Å². The molecule has 1 aliphatic heterocycles. The summed E-state index contributed by atoms with van der Waals surface area (Å²) in [4.78, 5) is 16.1. The third kappa shape index (κ3) is 5.32. The maximum atomic E-state index is 12.0. The quantitative estimate of drug-likeness (QED) is 0.830. The summed E-state index contributed by atoms with van der Waals surface area (Å²) in [5, 5.41) is 4.24. The van der Waals surface area contributed by atoms with E-state index in [0.29, 0.717) is 0 Å². The molecule has 0 saturated carbocycles. The predicted molar refractivity (Wildman–Crippen MR) is 84.2 cm³/mol. The van der Waals surface area contributed by atoms with Gasteiger partial charge in [0.2, 0.25) is 0 Å². The summed E-state index contributed by atoms with van der Waals surface area (Å²) in [7, 11) is 0. The lowest BCUT2D eigenvalue weighted by atomic mass is 10.2. The fraction of sp³-hybridized carbons (Fsp3) is 0.714. The first kappa shape index (κ1) is 16.3. The van der Waals surface area contributed by atoms with Gasteiger partial charge in [-0.05, 0) is 36.7 Å². The number of ether oxygens (including phenoxy) is 1. The van der Waals surface area contributed by atoms with Crippen LogP contribution in [0.1, 0.15) is 20.8 Å². The van der Waals surface area contributed by atoms with Gasteiger partial charge in [0, 0.05) is 38.9 Å². The fourth-order valence-electron chi connectivity index (χ4n) is 2.19. The second kappa shape index (κ2) is 6.79. The highest BCUT2D eigenvalue weighted by atomic mass is 79.9. The third-order valence-corrected chi connectivity index (χ3v) is 3.68. The summed E-state index contributed by atoms with van der Waals surface area (Å²) in [5.41, 5.74) is -0.429. The number of halogens is 1. The van der Waals surface area contributed by atoms with E-state index < -0.39 is 5.60 Å². The van der Waals surface area contributed by atoms with Gasteiger partial charge in [-0.2, -0.15) is 5.10 Å². The van der Waals surface area contributed by atoms with E-state index >= 15 is 0 Å². The molecule has 1 aromatic heterocycles. The number of hydrogen-bond acceptors (Lipinski definition) is 4. The fourth-order valence-corrected chi connectivity index (χ4v) is 2.51. The summed E-state index contributed by atoms with van der Waals surface area (Å²) in [6.07, 6.45) is 3.55. The molecule has 0 bridgehead atoms. The lowest BCUT2D eigenvalue weighted by Gasteiger charge is -2.35. The van der Waals surface area contributed by atoms with E-state index in [4.69, 9.17) is 4.74 Å². The highest BCUT2D eigenvalue weighted by molar-refractivity contribution is 9.10. The van der Waals surface area contributed by atoms with Gasteiger partial charge in [-0.15, -0.1) is 0 Å². The molecule has 0 unspecified atom stereocenters.